The highest BCUT2D eigenvalue weighted by atomic mass is 16.3. The molecule has 0 aromatic heterocycles. The lowest BCUT2D eigenvalue weighted by Gasteiger charge is -2.39. The summed E-state index contributed by atoms with van der Waals surface area (Å²) in [5.41, 5.74) is 1.16. The second-order valence-corrected chi connectivity index (χ2v) is 6.79. The predicted molar refractivity (Wildman–Crippen MR) is 91.2 cm³/mol. The number of rotatable bonds is 5. The van der Waals surface area contributed by atoms with Gasteiger partial charge in [0.05, 0.1) is 24.4 Å². The molecule has 1 amide bonds. The van der Waals surface area contributed by atoms with Gasteiger partial charge in [0.25, 0.3) is 0 Å². The van der Waals surface area contributed by atoms with Crippen molar-refractivity contribution in [3.63, 3.8) is 0 Å². The monoisotopic (exact) mass is 333 g/mol. The molecule has 0 aliphatic carbocycles. The lowest BCUT2D eigenvalue weighted by Crippen LogP contribution is -2.49. The highest BCUT2D eigenvalue weighted by Crippen LogP contribution is 2.34. The van der Waals surface area contributed by atoms with Crippen LogP contribution in [0.25, 0.3) is 0 Å². The van der Waals surface area contributed by atoms with Crippen LogP contribution >= 0.6 is 0 Å². The zero-order valence-corrected chi connectivity index (χ0v) is 14.1. The molecule has 0 saturated carbocycles. The van der Waals surface area contributed by atoms with Crippen LogP contribution in [0.15, 0.2) is 30.3 Å². The summed E-state index contributed by atoms with van der Waals surface area (Å²) in [5.74, 6) is -0.124. The average molecular weight is 333 g/mol. The van der Waals surface area contributed by atoms with Crippen molar-refractivity contribution in [1.29, 1.82) is 0 Å². The minimum Gasteiger partial charge on any atom is -0.389 e. The molecule has 0 bridgehead atoms. The van der Waals surface area contributed by atoms with Crippen LogP contribution in [0.2, 0.25) is 0 Å². The Bertz CT molecular complexity index is 548. The second-order valence-electron chi connectivity index (χ2n) is 6.79. The van der Waals surface area contributed by atoms with E-state index in [1.54, 1.807) is 0 Å². The Morgan fingerprint density at radius 2 is 1.92 bits per heavy atom. The quantitative estimate of drug-likeness (QED) is 0.724. The number of aliphatic hydroxyl groups excluding tert-OH is 2. The number of amides is 1. The number of β-amino-alcohol motifs (C(OH)–C–C–N with tert-alkyl or cyclic N) is 1. The molecule has 1 aromatic rings. The van der Waals surface area contributed by atoms with Crippen molar-refractivity contribution in [3.8, 4) is 0 Å². The van der Waals surface area contributed by atoms with Crippen molar-refractivity contribution in [2.75, 3.05) is 26.2 Å². The van der Waals surface area contributed by atoms with E-state index in [1.807, 2.05) is 18.2 Å². The van der Waals surface area contributed by atoms with Crippen molar-refractivity contribution >= 4 is 5.91 Å². The van der Waals surface area contributed by atoms with Crippen molar-refractivity contribution in [3.05, 3.63) is 35.9 Å². The molecule has 3 rings (SSSR count). The van der Waals surface area contributed by atoms with Gasteiger partial charge in [-0.1, -0.05) is 30.3 Å². The van der Waals surface area contributed by atoms with Gasteiger partial charge in [-0.25, -0.2) is 0 Å². The maximum absolute atomic E-state index is 11.3. The van der Waals surface area contributed by atoms with Crippen molar-refractivity contribution in [2.45, 2.75) is 44.2 Å². The van der Waals surface area contributed by atoms with E-state index >= 15 is 0 Å². The summed E-state index contributed by atoms with van der Waals surface area (Å²) in [6.45, 7) is 4.23. The molecular formula is C18H27N3O3. The molecule has 3 N–H and O–H groups in total. The number of carbonyl (C=O) groups is 1. The summed E-state index contributed by atoms with van der Waals surface area (Å²) >= 11 is 0. The Kier molecular flexibility index (Phi) is 5.50. The van der Waals surface area contributed by atoms with Gasteiger partial charge in [-0.2, -0.15) is 0 Å². The van der Waals surface area contributed by atoms with Crippen LogP contribution in [0.3, 0.4) is 0 Å². The van der Waals surface area contributed by atoms with Gasteiger partial charge in [0.15, 0.2) is 0 Å². The van der Waals surface area contributed by atoms with Gasteiger partial charge < -0.3 is 15.5 Å². The first-order chi connectivity index (χ1) is 11.6. The molecular weight excluding hydrogens is 306 g/mol. The topological polar surface area (TPSA) is 76.0 Å². The highest BCUT2D eigenvalue weighted by molar-refractivity contribution is 5.72. The van der Waals surface area contributed by atoms with E-state index in [9.17, 15) is 15.0 Å². The summed E-state index contributed by atoms with van der Waals surface area (Å²) in [7, 11) is 0. The zero-order chi connectivity index (χ0) is 17.1. The molecule has 0 spiro atoms. The number of nitrogens with zero attached hydrogens (tertiary/aromatic N) is 2. The van der Waals surface area contributed by atoms with E-state index in [-0.39, 0.29) is 18.1 Å². The first-order valence-corrected chi connectivity index (χ1v) is 8.73. The van der Waals surface area contributed by atoms with E-state index in [1.165, 1.54) is 19.8 Å². The number of hydrogen-bond donors (Lipinski definition) is 3. The molecule has 4 atom stereocenters. The summed E-state index contributed by atoms with van der Waals surface area (Å²) in [6.07, 6.45) is 0.694. The average Bonchev–Trinajstić information content (AvgIpc) is 3.18. The number of benzene rings is 1. The van der Waals surface area contributed by atoms with Crippen LogP contribution in [0.4, 0.5) is 0 Å². The normalized spacial score (nSPS) is 29.7. The molecule has 1 aromatic carbocycles. The summed E-state index contributed by atoms with van der Waals surface area (Å²) in [5, 5.41) is 23.4. The van der Waals surface area contributed by atoms with Crippen LogP contribution in [0, 0.1) is 0 Å². The third-order valence-electron chi connectivity index (χ3n) is 5.07. The second kappa shape index (κ2) is 7.61. The molecule has 2 saturated heterocycles. The Labute approximate surface area is 143 Å². The molecule has 0 radical (unpaired) electrons. The maximum Gasteiger partial charge on any atom is 0.216 e. The van der Waals surface area contributed by atoms with E-state index in [2.05, 4.69) is 27.2 Å². The van der Waals surface area contributed by atoms with Crippen molar-refractivity contribution in [1.82, 2.24) is 15.1 Å². The molecule has 6 nitrogen and oxygen atoms in total. The third kappa shape index (κ3) is 3.62. The maximum atomic E-state index is 11.3. The lowest BCUT2D eigenvalue weighted by molar-refractivity contribution is -0.119. The molecule has 24 heavy (non-hydrogen) atoms. The number of carbonyl (C=O) groups excluding carboxylic acids is 1. The van der Waals surface area contributed by atoms with Gasteiger partial charge in [0.2, 0.25) is 5.91 Å². The number of hydrogen-bond acceptors (Lipinski definition) is 5. The number of nitrogens with one attached hydrogen (secondary N) is 1. The minimum atomic E-state index is -0.856. The lowest BCUT2D eigenvalue weighted by atomic mass is 10.1. The Morgan fingerprint density at radius 3 is 2.54 bits per heavy atom. The van der Waals surface area contributed by atoms with E-state index in [0.717, 1.165) is 18.7 Å². The van der Waals surface area contributed by atoms with Crippen LogP contribution in [-0.2, 0) is 4.79 Å². The highest BCUT2D eigenvalue weighted by Gasteiger charge is 2.45. The Hall–Kier alpha value is -1.47. The van der Waals surface area contributed by atoms with Gasteiger partial charge in [-0.3, -0.25) is 14.6 Å². The summed E-state index contributed by atoms with van der Waals surface area (Å²) in [6, 6.07) is 9.92. The fourth-order valence-electron chi connectivity index (χ4n) is 3.90. The minimum absolute atomic E-state index is 0.0132. The SMILES string of the molecule is CC(=O)NCC1C(O)C(O)CN1C(c1ccccc1)N1CCCC1. The smallest absolute Gasteiger partial charge is 0.216 e. The summed E-state index contributed by atoms with van der Waals surface area (Å²) in [4.78, 5) is 15.9. The third-order valence-corrected chi connectivity index (χ3v) is 5.07. The summed E-state index contributed by atoms with van der Waals surface area (Å²) < 4.78 is 0. The molecule has 2 aliphatic heterocycles. The first-order valence-electron chi connectivity index (χ1n) is 8.73. The van der Waals surface area contributed by atoms with E-state index < -0.39 is 12.2 Å². The van der Waals surface area contributed by atoms with Crippen LogP contribution < -0.4 is 5.32 Å². The fourth-order valence-corrected chi connectivity index (χ4v) is 3.90. The van der Waals surface area contributed by atoms with E-state index in [0.29, 0.717) is 13.1 Å². The van der Waals surface area contributed by atoms with Crippen molar-refractivity contribution in [2.24, 2.45) is 0 Å². The Morgan fingerprint density at radius 1 is 1.25 bits per heavy atom. The van der Waals surface area contributed by atoms with Gasteiger partial charge in [-0.15, -0.1) is 0 Å². The van der Waals surface area contributed by atoms with Crippen LogP contribution in [0.5, 0.6) is 0 Å². The zero-order valence-electron chi connectivity index (χ0n) is 14.1. The first kappa shape index (κ1) is 17.4. The molecule has 2 heterocycles. The van der Waals surface area contributed by atoms with Crippen LogP contribution in [0.1, 0.15) is 31.5 Å². The van der Waals surface area contributed by atoms with Gasteiger partial charge in [0.1, 0.15) is 0 Å². The number of aliphatic hydroxyl groups is 2. The predicted octanol–water partition coefficient (Wildman–Crippen LogP) is 0.323. The molecule has 2 aliphatic rings. The Balaban J connectivity index is 1.88. The van der Waals surface area contributed by atoms with Gasteiger partial charge >= 0.3 is 0 Å². The number of likely N-dealkylation sites (tertiary alicyclic amines) is 2. The van der Waals surface area contributed by atoms with Crippen molar-refractivity contribution < 1.29 is 15.0 Å². The molecule has 132 valence electrons. The van der Waals surface area contributed by atoms with Gasteiger partial charge in [-0.05, 0) is 31.5 Å². The van der Waals surface area contributed by atoms with Crippen LogP contribution in [-0.4, -0.2) is 70.3 Å². The molecule has 4 unspecified atom stereocenters. The standard InChI is InChI=1S/C18H27N3O3/c1-13(22)19-11-15-17(24)16(23)12-21(15)18(20-9-5-6-10-20)14-7-3-2-4-8-14/h2-4,7-8,15-18,23-24H,5-6,9-12H2,1H3,(H,19,22). The molecule has 2 fully saturated rings. The van der Waals surface area contributed by atoms with Gasteiger partial charge in [0, 0.05) is 20.0 Å². The largest absolute Gasteiger partial charge is 0.389 e. The van der Waals surface area contributed by atoms with E-state index in [4.69, 9.17) is 0 Å². The fraction of sp³-hybridized carbons (Fsp3) is 0.611. The molecule has 6 heteroatoms.